The molecule has 0 spiro atoms. The Labute approximate surface area is 197 Å². The van der Waals surface area contributed by atoms with Crippen LogP contribution in [-0.4, -0.2) is 41.2 Å². The summed E-state index contributed by atoms with van der Waals surface area (Å²) in [4.78, 5) is 23.8. The van der Waals surface area contributed by atoms with Gasteiger partial charge in [-0.2, -0.15) is 0 Å². The van der Waals surface area contributed by atoms with Crippen LogP contribution in [0.3, 0.4) is 0 Å². The van der Waals surface area contributed by atoms with Crippen LogP contribution < -0.4 is 4.90 Å². The largest absolute Gasteiger partial charge is 0.337 e. The molecular weight excluding hydrogens is 456 g/mol. The lowest BCUT2D eigenvalue weighted by Gasteiger charge is -2.20. The number of benzene rings is 2. The molecule has 9 heteroatoms. The second kappa shape index (κ2) is 10.3. The van der Waals surface area contributed by atoms with Crippen molar-refractivity contribution >= 4 is 42.4 Å². The summed E-state index contributed by atoms with van der Waals surface area (Å²) < 4.78 is 28.3. The molecule has 0 unspecified atom stereocenters. The number of nitrogens with zero attached hydrogens (tertiary/aromatic N) is 4. The number of carbonyl (C=O) groups excluding carboxylic acids is 1. The number of sulfone groups is 1. The Bertz CT molecular complexity index is 1320. The molecule has 0 aliphatic rings. The maximum Gasteiger partial charge on any atom is 0.229 e. The molecule has 4 rings (SSSR count). The number of rotatable bonds is 10. The van der Waals surface area contributed by atoms with Crippen molar-refractivity contribution in [2.75, 3.05) is 17.2 Å². The first kappa shape index (κ1) is 23.1. The number of hydrogen-bond donors (Lipinski definition) is 0. The predicted octanol–water partition coefficient (Wildman–Crippen LogP) is 4.34. The minimum Gasteiger partial charge on any atom is -0.337 e. The lowest BCUT2D eigenvalue weighted by molar-refractivity contribution is -0.118. The van der Waals surface area contributed by atoms with Gasteiger partial charge >= 0.3 is 0 Å². The van der Waals surface area contributed by atoms with Gasteiger partial charge in [-0.3, -0.25) is 9.69 Å². The van der Waals surface area contributed by atoms with Crippen LogP contribution >= 0.6 is 11.3 Å². The second-order valence-corrected chi connectivity index (χ2v) is 10.9. The Balaban J connectivity index is 1.53. The molecule has 0 atom stereocenters. The van der Waals surface area contributed by atoms with Crippen molar-refractivity contribution in [3.05, 3.63) is 72.8 Å². The van der Waals surface area contributed by atoms with Crippen LogP contribution in [0, 0.1) is 0 Å². The summed E-state index contributed by atoms with van der Waals surface area (Å²) in [5.41, 5.74) is 2.06. The number of anilines is 1. The Morgan fingerprint density at radius 1 is 1.15 bits per heavy atom. The van der Waals surface area contributed by atoms with Gasteiger partial charge in [0.15, 0.2) is 15.0 Å². The monoisotopic (exact) mass is 482 g/mol. The third kappa shape index (κ3) is 5.66. The van der Waals surface area contributed by atoms with Crippen molar-refractivity contribution in [3.8, 4) is 0 Å². The van der Waals surface area contributed by atoms with E-state index in [1.54, 1.807) is 47.8 Å². The SMILES string of the molecule is CCc1ccc2nc(N(CCCn3ccnc3)C(=O)CCS(=O)(=O)c3ccccc3)sc2c1. The van der Waals surface area contributed by atoms with Crippen LogP contribution in [0.5, 0.6) is 0 Å². The van der Waals surface area contributed by atoms with Gasteiger partial charge in [-0.15, -0.1) is 0 Å². The Hall–Kier alpha value is -3.04. The fourth-order valence-corrected chi connectivity index (χ4v) is 5.88. The van der Waals surface area contributed by atoms with Gasteiger partial charge in [-0.05, 0) is 42.7 Å². The summed E-state index contributed by atoms with van der Waals surface area (Å²) in [5, 5.41) is 0.603. The number of thiazole rings is 1. The standard InChI is InChI=1S/C24H26N4O3S2/c1-2-19-9-10-21-22(17-19)32-24(26-21)28(14-6-13-27-15-12-25-18-27)23(29)11-16-33(30,31)20-7-4-3-5-8-20/h3-5,7-10,12,15,17-18H,2,6,11,13-14,16H2,1H3. The highest BCUT2D eigenvalue weighted by molar-refractivity contribution is 7.91. The fourth-order valence-electron chi connectivity index (χ4n) is 3.55. The minimum absolute atomic E-state index is 0.0988. The van der Waals surface area contributed by atoms with Crippen molar-refractivity contribution in [2.24, 2.45) is 0 Å². The van der Waals surface area contributed by atoms with Crippen LogP contribution in [0.1, 0.15) is 25.3 Å². The normalized spacial score (nSPS) is 11.7. The molecule has 0 aliphatic heterocycles. The zero-order chi connectivity index (χ0) is 23.3. The van der Waals surface area contributed by atoms with E-state index in [4.69, 9.17) is 0 Å². The van der Waals surface area contributed by atoms with Crippen molar-refractivity contribution in [3.63, 3.8) is 0 Å². The van der Waals surface area contributed by atoms with E-state index in [0.29, 0.717) is 24.6 Å². The average molecular weight is 483 g/mol. The lowest BCUT2D eigenvalue weighted by Crippen LogP contribution is -2.33. The minimum atomic E-state index is -3.54. The van der Waals surface area contributed by atoms with Crippen molar-refractivity contribution in [1.29, 1.82) is 0 Å². The highest BCUT2D eigenvalue weighted by atomic mass is 32.2. The molecule has 0 bridgehead atoms. The molecule has 1 amide bonds. The van der Waals surface area contributed by atoms with E-state index in [0.717, 1.165) is 16.6 Å². The molecule has 2 aromatic heterocycles. The summed E-state index contributed by atoms with van der Waals surface area (Å²) in [7, 11) is -3.54. The van der Waals surface area contributed by atoms with Gasteiger partial charge < -0.3 is 4.57 Å². The van der Waals surface area contributed by atoms with Gasteiger partial charge in [0.1, 0.15) is 0 Å². The van der Waals surface area contributed by atoms with E-state index in [1.165, 1.54) is 16.9 Å². The van der Waals surface area contributed by atoms with Crippen molar-refractivity contribution in [2.45, 2.75) is 37.6 Å². The van der Waals surface area contributed by atoms with E-state index in [2.05, 4.69) is 23.0 Å². The number of amides is 1. The molecule has 0 radical (unpaired) electrons. The third-order valence-electron chi connectivity index (χ3n) is 5.43. The number of aromatic nitrogens is 3. The molecule has 4 aromatic rings. The predicted molar refractivity (Wildman–Crippen MR) is 131 cm³/mol. The first-order valence-electron chi connectivity index (χ1n) is 10.9. The third-order valence-corrected chi connectivity index (χ3v) is 8.20. The smallest absolute Gasteiger partial charge is 0.229 e. The quantitative estimate of drug-likeness (QED) is 0.336. The first-order chi connectivity index (χ1) is 16.0. The molecule has 0 aliphatic carbocycles. The maximum atomic E-state index is 13.2. The second-order valence-electron chi connectivity index (χ2n) is 7.73. The van der Waals surface area contributed by atoms with Gasteiger partial charge in [0.25, 0.3) is 0 Å². The fraction of sp³-hybridized carbons (Fsp3) is 0.292. The zero-order valence-electron chi connectivity index (χ0n) is 18.4. The molecule has 172 valence electrons. The molecule has 7 nitrogen and oxygen atoms in total. The number of fused-ring (bicyclic) bond motifs is 1. The summed E-state index contributed by atoms with van der Waals surface area (Å²) in [6.45, 7) is 3.25. The Morgan fingerprint density at radius 3 is 2.70 bits per heavy atom. The summed E-state index contributed by atoms with van der Waals surface area (Å²) in [6, 6.07) is 14.4. The molecule has 2 heterocycles. The average Bonchev–Trinajstić information content (AvgIpc) is 3.50. The van der Waals surface area contributed by atoms with Crippen LogP contribution in [0.2, 0.25) is 0 Å². The first-order valence-corrected chi connectivity index (χ1v) is 13.4. The molecule has 0 saturated carbocycles. The molecule has 2 aromatic carbocycles. The molecule has 33 heavy (non-hydrogen) atoms. The maximum absolute atomic E-state index is 13.2. The molecule has 0 saturated heterocycles. The molecule has 0 fully saturated rings. The number of aryl methyl sites for hydroxylation is 2. The number of carbonyl (C=O) groups is 1. The van der Waals surface area contributed by atoms with Crippen LogP contribution in [-0.2, 0) is 27.6 Å². The molecule has 0 N–H and O–H groups in total. The van der Waals surface area contributed by atoms with Gasteiger partial charge in [-0.1, -0.05) is 42.5 Å². The van der Waals surface area contributed by atoms with Crippen LogP contribution in [0.25, 0.3) is 10.2 Å². The van der Waals surface area contributed by atoms with Crippen molar-refractivity contribution in [1.82, 2.24) is 14.5 Å². The van der Waals surface area contributed by atoms with E-state index < -0.39 is 9.84 Å². The highest BCUT2D eigenvalue weighted by Crippen LogP contribution is 2.30. The Kier molecular flexibility index (Phi) is 7.20. The van der Waals surface area contributed by atoms with E-state index in [1.807, 2.05) is 22.9 Å². The van der Waals surface area contributed by atoms with Crippen LogP contribution in [0.4, 0.5) is 5.13 Å². The summed E-state index contributed by atoms with van der Waals surface area (Å²) in [5.74, 6) is -0.478. The van der Waals surface area contributed by atoms with E-state index in [9.17, 15) is 13.2 Å². The highest BCUT2D eigenvalue weighted by Gasteiger charge is 2.23. The van der Waals surface area contributed by atoms with Crippen molar-refractivity contribution < 1.29 is 13.2 Å². The topological polar surface area (TPSA) is 85.2 Å². The zero-order valence-corrected chi connectivity index (χ0v) is 20.1. The van der Waals surface area contributed by atoms with E-state index >= 15 is 0 Å². The molecular formula is C24H26N4O3S2. The van der Waals surface area contributed by atoms with Gasteiger partial charge in [0.05, 0.1) is 27.2 Å². The van der Waals surface area contributed by atoms with Gasteiger partial charge in [0.2, 0.25) is 5.91 Å². The van der Waals surface area contributed by atoms with E-state index in [-0.39, 0.29) is 23.0 Å². The van der Waals surface area contributed by atoms with Gasteiger partial charge in [-0.25, -0.2) is 18.4 Å². The lowest BCUT2D eigenvalue weighted by atomic mass is 10.2. The van der Waals surface area contributed by atoms with Gasteiger partial charge in [0, 0.05) is 31.9 Å². The van der Waals surface area contributed by atoms with Crippen LogP contribution in [0.15, 0.2) is 72.1 Å². The number of hydrogen-bond acceptors (Lipinski definition) is 6. The Morgan fingerprint density at radius 2 is 1.97 bits per heavy atom. The number of imidazole rings is 1. The summed E-state index contributed by atoms with van der Waals surface area (Å²) in [6.07, 6.45) is 6.86. The summed E-state index contributed by atoms with van der Waals surface area (Å²) >= 11 is 1.47.